The summed E-state index contributed by atoms with van der Waals surface area (Å²) in [5, 5.41) is 0. The number of nitrogen functional groups attached to an aromatic ring is 1. The van der Waals surface area contributed by atoms with E-state index in [1.807, 2.05) is 25.1 Å². The Morgan fingerprint density at radius 2 is 2.06 bits per heavy atom. The number of nitrogens with two attached hydrogens (primary N) is 1. The molecule has 0 saturated heterocycles. The van der Waals surface area contributed by atoms with Crippen LogP contribution >= 0.6 is 0 Å². The highest BCUT2D eigenvalue weighted by atomic mass is 32.2. The Hall–Kier alpha value is -1.11. The van der Waals surface area contributed by atoms with Crippen LogP contribution in [0.1, 0.15) is 25.5 Å². The second kappa shape index (κ2) is 6.72. The van der Waals surface area contributed by atoms with Crippen molar-refractivity contribution in [3.05, 3.63) is 29.8 Å². The molecule has 1 rings (SSSR count). The Morgan fingerprint density at radius 1 is 1.39 bits per heavy atom. The Balaban J connectivity index is 2.64. The van der Waals surface area contributed by atoms with Crippen molar-refractivity contribution in [1.29, 1.82) is 0 Å². The number of anilines is 1. The lowest BCUT2D eigenvalue weighted by Gasteiger charge is -2.16. The van der Waals surface area contributed by atoms with Gasteiger partial charge < -0.3 is 10.5 Å². The molecule has 102 valence electrons. The van der Waals surface area contributed by atoms with Crippen LogP contribution in [0.3, 0.4) is 0 Å². The van der Waals surface area contributed by atoms with Crippen LogP contribution in [0.2, 0.25) is 0 Å². The normalized spacial score (nSPS) is 13.4. The number of benzene rings is 1. The van der Waals surface area contributed by atoms with Gasteiger partial charge in [-0.15, -0.1) is 0 Å². The second-order valence-electron chi connectivity index (χ2n) is 3.98. The molecule has 0 fully saturated rings. The molecule has 6 heteroatoms. The summed E-state index contributed by atoms with van der Waals surface area (Å²) in [4.78, 5) is 0. The monoisotopic (exact) mass is 272 g/mol. The lowest BCUT2D eigenvalue weighted by Crippen LogP contribution is -2.31. The van der Waals surface area contributed by atoms with Gasteiger partial charge in [0.15, 0.2) is 0 Å². The largest absolute Gasteiger partial charge is 0.398 e. The standard InChI is InChI=1S/C12H20N2O3S/c1-3-17-8-9-18(15,16)14-10(2)11-6-4-5-7-12(11)13/h4-7,10,14H,3,8-9,13H2,1-2H3. The van der Waals surface area contributed by atoms with E-state index >= 15 is 0 Å². The molecule has 1 unspecified atom stereocenters. The second-order valence-corrected chi connectivity index (χ2v) is 5.86. The van der Waals surface area contributed by atoms with Crippen molar-refractivity contribution in [1.82, 2.24) is 4.72 Å². The maximum Gasteiger partial charge on any atom is 0.214 e. The van der Waals surface area contributed by atoms with E-state index < -0.39 is 10.0 Å². The molecule has 0 aliphatic carbocycles. The number of hydrogen-bond donors (Lipinski definition) is 2. The zero-order valence-electron chi connectivity index (χ0n) is 10.7. The third-order valence-electron chi connectivity index (χ3n) is 2.52. The lowest BCUT2D eigenvalue weighted by molar-refractivity contribution is 0.163. The van der Waals surface area contributed by atoms with Gasteiger partial charge >= 0.3 is 0 Å². The van der Waals surface area contributed by atoms with Crippen LogP contribution in [0.5, 0.6) is 0 Å². The molecule has 0 heterocycles. The SMILES string of the molecule is CCOCCS(=O)(=O)NC(C)c1ccccc1N. The first-order valence-corrected chi connectivity index (χ1v) is 7.53. The third kappa shape index (κ3) is 4.64. The molecule has 0 radical (unpaired) electrons. The quantitative estimate of drug-likeness (QED) is 0.579. The molecule has 0 aliphatic rings. The zero-order valence-corrected chi connectivity index (χ0v) is 11.5. The van der Waals surface area contributed by atoms with Gasteiger partial charge in [0.05, 0.1) is 12.4 Å². The fraction of sp³-hybridized carbons (Fsp3) is 0.500. The predicted molar refractivity (Wildman–Crippen MR) is 72.7 cm³/mol. The molecule has 0 saturated carbocycles. The van der Waals surface area contributed by atoms with Crippen LogP contribution in [0.15, 0.2) is 24.3 Å². The summed E-state index contributed by atoms with van der Waals surface area (Å²) >= 11 is 0. The molecule has 0 aromatic heterocycles. The molecule has 1 aromatic carbocycles. The number of hydrogen-bond acceptors (Lipinski definition) is 4. The van der Waals surface area contributed by atoms with Gasteiger partial charge in [-0.2, -0.15) is 0 Å². The van der Waals surface area contributed by atoms with E-state index in [2.05, 4.69) is 4.72 Å². The van der Waals surface area contributed by atoms with E-state index in [4.69, 9.17) is 10.5 Å². The molecule has 1 aromatic rings. The molecule has 0 spiro atoms. The number of ether oxygens (including phenoxy) is 1. The molecule has 3 N–H and O–H groups in total. The Kier molecular flexibility index (Phi) is 5.58. The molecule has 0 aliphatic heterocycles. The summed E-state index contributed by atoms with van der Waals surface area (Å²) in [5.74, 6) is -0.0437. The maximum atomic E-state index is 11.8. The summed E-state index contributed by atoms with van der Waals surface area (Å²) in [6.45, 7) is 4.30. The fourth-order valence-electron chi connectivity index (χ4n) is 1.61. The number of rotatable bonds is 7. The Bertz CT molecular complexity index is 474. The molecule has 5 nitrogen and oxygen atoms in total. The number of para-hydroxylation sites is 1. The molecular weight excluding hydrogens is 252 g/mol. The number of sulfonamides is 1. The highest BCUT2D eigenvalue weighted by molar-refractivity contribution is 7.89. The van der Waals surface area contributed by atoms with Crippen LogP contribution in [0.25, 0.3) is 0 Å². The maximum absolute atomic E-state index is 11.8. The Labute approximate surface area is 108 Å². The van der Waals surface area contributed by atoms with Gasteiger partial charge in [-0.1, -0.05) is 18.2 Å². The first-order chi connectivity index (χ1) is 8.46. The average molecular weight is 272 g/mol. The van der Waals surface area contributed by atoms with E-state index in [9.17, 15) is 8.42 Å². The van der Waals surface area contributed by atoms with Crippen molar-refractivity contribution in [2.24, 2.45) is 0 Å². The number of nitrogens with one attached hydrogen (secondary N) is 1. The zero-order chi connectivity index (χ0) is 13.6. The summed E-state index contributed by atoms with van der Waals surface area (Å²) in [6, 6.07) is 6.86. The van der Waals surface area contributed by atoms with Crippen LogP contribution < -0.4 is 10.5 Å². The van der Waals surface area contributed by atoms with Crippen molar-refractivity contribution in [3.63, 3.8) is 0 Å². The van der Waals surface area contributed by atoms with Crippen LogP contribution in [0.4, 0.5) is 5.69 Å². The van der Waals surface area contributed by atoms with E-state index in [1.54, 1.807) is 13.0 Å². The van der Waals surface area contributed by atoms with Crippen LogP contribution in [0, 0.1) is 0 Å². The predicted octanol–water partition coefficient (Wildman–Crippen LogP) is 1.29. The van der Waals surface area contributed by atoms with Gasteiger partial charge in [0, 0.05) is 18.3 Å². The topological polar surface area (TPSA) is 81.4 Å². The summed E-state index contributed by atoms with van der Waals surface area (Å²) in [7, 11) is -3.35. The molecular formula is C12H20N2O3S. The van der Waals surface area contributed by atoms with E-state index in [1.165, 1.54) is 0 Å². The van der Waals surface area contributed by atoms with Gasteiger partial charge in [-0.3, -0.25) is 0 Å². The molecule has 0 amide bonds. The van der Waals surface area contributed by atoms with Crippen molar-refractivity contribution >= 4 is 15.7 Å². The van der Waals surface area contributed by atoms with Crippen molar-refractivity contribution in [2.75, 3.05) is 24.7 Å². The summed E-state index contributed by atoms with van der Waals surface area (Å²) in [6.07, 6.45) is 0. The van der Waals surface area contributed by atoms with E-state index in [0.717, 1.165) is 5.56 Å². The van der Waals surface area contributed by atoms with Crippen molar-refractivity contribution in [3.8, 4) is 0 Å². The van der Waals surface area contributed by atoms with Gasteiger partial charge in [0.25, 0.3) is 0 Å². The minimum atomic E-state index is -3.35. The van der Waals surface area contributed by atoms with Gasteiger partial charge in [0.1, 0.15) is 0 Å². The van der Waals surface area contributed by atoms with E-state index in [-0.39, 0.29) is 18.4 Å². The first kappa shape index (κ1) is 14.9. The minimum Gasteiger partial charge on any atom is -0.398 e. The Morgan fingerprint density at radius 3 is 2.67 bits per heavy atom. The first-order valence-electron chi connectivity index (χ1n) is 5.88. The van der Waals surface area contributed by atoms with Gasteiger partial charge in [-0.25, -0.2) is 13.1 Å². The lowest BCUT2D eigenvalue weighted by atomic mass is 10.1. The van der Waals surface area contributed by atoms with Crippen LogP contribution in [-0.4, -0.2) is 27.4 Å². The minimum absolute atomic E-state index is 0.0437. The molecule has 0 bridgehead atoms. The van der Waals surface area contributed by atoms with Gasteiger partial charge in [0.2, 0.25) is 10.0 Å². The molecule has 1 atom stereocenters. The molecule has 18 heavy (non-hydrogen) atoms. The van der Waals surface area contributed by atoms with E-state index in [0.29, 0.717) is 12.3 Å². The third-order valence-corrected chi connectivity index (χ3v) is 3.94. The average Bonchev–Trinajstić information content (AvgIpc) is 2.29. The highest BCUT2D eigenvalue weighted by Crippen LogP contribution is 2.19. The van der Waals surface area contributed by atoms with Crippen molar-refractivity contribution < 1.29 is 13.2 Å². The summed E-state index contributed by atoms with van der Waals surface area (Å²) in [5.41, 5.74) is 7.16. The van der Waals surface area contributed by atoms with Gasteiger partial charge in [-0.05, 0) is 25.5 Å². The highest BCUT2D eigenvalue weighted by Gasteiger charge is 2.16. The smallest absolute Gasteiger partial charge is 0.214 e. The fourth-order valence-corrected chi connectivity index (χ4v) is 2.73. The van der Waals surface area contributed by atoms with Crippen LogP contribution in [-0.2, 0) is 14.8 Å². The summed E-state index contributed by atoms with van der Waals surface area (Å²) < 4.78 is 31.2. The van der Waals surface area contributed by atoms with Crippen molar-refractivity contribution in [2.45, 2.75) is 19.9 Å².